The van der Waals surface area contributed by atoms with E-state index < -0.39 is 0 Å². The molecule has 4 aromatic rings. The van der Waals surface area contributed by atoms with Crippen LogP contribution in [0.25, 0.3) is 21.9 Å². The van der Waals surface area contributed by atoms with Gasteiger partial charge >= 0.3 is 0 Å². The van der Waals surface area contributed by atoms with Crippen LogP contribution in [0.4, 0.5) is 5.95 Å². The van der Waals surface area contributed by atoms with Crippen molar-refractivity contribution in [3.8, 4) is 0 Å². The second kappa shape index (κ2) is 6.01. The molecule has 0 fully saturated rings. The lowest BCUT2D eigenvalue weighted by atomic mass is 10.1. The zero-order chi connectivity index (χ0) is 18.3. The van der Waals surface area contributed by atoms with E-state index in [2.05, 4.69) is 37.5 Å². The van der Waals surface area contributed by atoms with Gasteiger partial charge in [0.05, 0.1) is 11.7 Å². The average Bonchev–Trinajstić information content (AvgIpc) is 3.19. The molecular weight excluding hydrogens is 328 g/mol. The van der Waals surface area contributed by atoms with Crippen LogP contribution in [0.2, 0.25) is 0 Å². The number of fused-ring (bicyclic) bond motifs is 2. The molecule has 3 N–H and O–H groups in total. The van der Waals surface area contributed by atoms with Crippen LogP contribution in [0.3, 0.4) is 0 Å². The first-order valence-corrected chi connectivity index (χ1v) is 8.71. The van der Waals surface area contributed by atoms with Gasteiger partial charge in [-0.1, -0.05) is 18.2 Å². The molecule has 1 aromatic carbocycles. The predicted octanol–water partition coefficient (Wildman–Crippen LogP) is 3.01. The van der Waals surface area contributed by atoms with Gasteiger partial charge in [0.25, 0.3) is 5.56 Å². The molecule has 0 aliphatic heterocycles. The van der Waals surface area contributed by atoms with Crippen molar-refractivity contribution >= 4 is 27.9 Å². The van der Waals surface area contributed by atoms with Crippen LogP contribution in [0, 0.1) is 0 Å². The summed E-state index contributed by atoms with van der Waals surface area (Å²) in [7, 11) is 0. The minimum Gasteiger partial charge on any atom is -0.361 e. The molecule has 0 atom stereocenters. The third-order valence-corrected chi connectivity index (χ3v) is 4.44. The number of hydrogen-bond donors (Lipinski definition) is 3. The Bertz CT molecular complexity index is 1130. The number of H-pyrrole nitrogens is 2. The molecule has 3 heterocycles. The molecule has 4 rings (SSSR count). The maximum absolute atomic E-state index is 12.3. The minimum atomic E-state index is -0.246. The summed E-state index contributed by atoms with van der Waals surface area (Å²) in [5.41, 5.74) is 2.53. The summed E-state index contributed by atoms with van der Waals surface area (Å²) in [6, 6.07) is 8.22. The number of hydrogen-bond acceptors (Lipinski definition) is 4. The summed E-state index contributed by atoms with van der Waals surface area (Å²) in [6.07, 6.45) is 4.42. The smallest absolute Gasteiger partial charge is 0.263 e. The number of rotatable bonds is 4. The van der Waals surface area contributed by atoms with Gasteiger partial charge in [0.15, 0.2) is 5.65 Å². The van der Waals surface area contributed by atoms with Gasteiger partial charge in [-0.2, -0.15) is 10.1 Å². The van der Waals surface area contributed by atoms with Crippen LogP contribution in [0.15, 0.2) is 41.5 Å². The number of aromatic amines is 2. The first-order valence-electron chi connectivity index (χ1n) is 8.71. The van der Waals surface area contributed by atoms with E-state index in [1.165, 1.54) is 10.9 Å². The molecule has 7 nitrogen and oxygen atoms in total. The van der Waals surface area contributed by atoms with Crippen molar-refractivity contribution in [2.45, 2.75) is 32.7 Å². The SMILES string of the molecule is CC(C)(C)n1ncc2c(=O)[nH]c(NCCc3c[nH]c4ccccc34)nc21. The lowest BCUT2D eigenvalue weighted by molar-refractivity contribution is 0.366. The van der Waals surface area contributed by atoms with Crippen molar-refractivity contribution in [2.75, 3.05) is 11.9 Å². The standard InChI is InChI=1S/C19H22N6O/c1-19(2,3)25-16-14(11-22-25)17(26)24-18(23-16)20-9-8-12-10-21-15-7-5-4-6-13(12)15/h4-7,10-11,21H,8-9H2,1-3H3,(H2,20,23,24,26). The summed E-state index contributed by atoms with van der Waals surface area (Å²) in [4.78, 5) is 23.0. The molecule has 0 saturated carbocycles. The summed E-state index contributed by atoms with van der Waals surface area (Å²) >= 11 is 0. The number of nitrogens with one attached hydrogen (secondary N) is 3. The molecule has 3 aromatic heterocycles. The second-order valence-electron chi connectivity index (χ2n) is 7.42. The maximum atomic E-state index is 12.3. The van der Waals surface area contributed by atoms with Crippen molar-refractivity contribution in [1.82, 2.24) is 24.7 Å². The Morgan fingerprint density at radius 1 is 1.19 bits per heavy atom. The van der Waals surface area contributed by atoms with Crippen LogP contribution < -0.4 is 10.9 Å². The van der Waals surface area contributed by atoms with Crippen LogP contribution in [0.1, 0.15) is 26.3 Å². The first-order chi connectivity index (χ1) is 12.4. The lowest BCUT2D eigenvalue weighted by Crippen LogP contribution is -2.24. The Kier molecular flexibility index (Phi) is 3.79. The summed E-state index contributed by atoms with van der Waals surface area (Å²) < 4.78 is 1.78. The van der Waals surface area contributed by atoms with Crippen molar-refractivity contribution in [1.29, 1.82) is 0 Å². The Balaban J connectivity index is 1.56. The molecule has 0 bridgehead atoms. The molecule has 0 amide bonds. The van der Waals surface area contributed by atoms with Gasteiger partial charge in [-0.25, -0.2) is 4.68 Å². The van der Waals surface area contributed by atoms with Crippen molar-refractivity contribution in [2.24, 2.45) is 0 Å². The van der Waals surface area contributed by atoms with Crippen LogP contribution in [-0.2, 0) is 12.0 Å². The highest BCUT2D eigenvalue weighted by Crippen LogP contribution is 2.20. The van der Waals surface area contributed by atoms with Gasteiger partial charge in [0.2, 0.25) is 5.95 Å². The van der Waals surface area contributed by atoms with Crippen molar-refractivity contribution in [3.63, 3.8) is 0 Å². The van der Waals surface area contributed by atoms with E-state index in [0.717, 1.165) is 11.9 Å². The highest BCUT2D eigenvalue weighted by molar-refractivity contribution is 5.83. The topological polar surface area (TPSA) is 91.4 Å². The fourth-order valence-corrected chi connectivity index (χ4v) is 3.15. The number of nitrogens with zero attached hydrogens (tertiary/aromatic N) is 3. The van der Waals surface area contributed by atoms with E-state index >= 15 is 0 Å². The molecular formula is C19H22N6O. The zero-order valence-electron chi connectivity index (χ0n) is 15.1. The van der Waals surface area contributed by atoms with E-state index in [9.17, 15) is 4.79 Å². The van der Waals surface area contributed by atoms with Gasteiger partial charge in [0, 0.05) is 23.6 Å². The molecule has 0 spiro atoms. The molecule has 26 heavy (non-hydrogen) atoms. The first kappa shape index (κ1) is 16.4. The lowest BCUT2D eigenvalue weighted by Gasteiger charge is -2.19. The van der Waals surface area contributed by atoms with E-state index in [1.54, 1.807) is 10.9 Å². The van der Waals surface area contributed by atoms with Gasteiger partial charge in [-0.15, -0.1) is 0 Å². The molecule has 134 valence electrons. The fourth-order valence-electron chi connectivity index (χ4n) is 3.15. The Morgan fingerprint density at radius 2 is 2.00 bits per heavy atom. The van der Waals surface area contributed by atoms with Crippen LogP contribution in [0.5, 0.6) is 0 Å². The second-order valence-corrected chi connectivity index (χ2v) is 7.42. The number of aromatic nitrogens is 5. The molecule has 0 saturated heterocycles. The molecule has 0 aliphatic rings. The van der Waals surface area contributed by atoms with Gasteiger partial charge in [0.1, 0.15) is 5.39 Å². The minimum absolute atomic E-state index is 0.180. The van der Waals surface area contributed by atoms with Crippen molar-refractivity contribution in [3.05, 3.63) is 52.6 Å². The van der Waals surface area contributed by atoms with Crippen molar-refractivity contribution < 1.29 is 0 Å². The van der Waals surface area contributed by atoms with Gasteiger partial charge < -0.3 is 10.3 Å². The zero-order valence-corrected chi connectivity index (χ0v) is 15.1. The van der Waals surface area contributed by atoms with E-state index in [1.807, 2.05) is 39.1 Å². The number of benzene rings is 1. The fraction of sp³-hybridized carbons (Fsp3) is 0.316. The summed E-state index contributed by atoms with van der Waals surface area (Å²) in [5, 5.41) is 9.27. The average molecular weight is 350 g/mol. The monoisotopic (exact) mass is 350 g/mol. The predicted molar refractivity (Wildman–Crippen MR) is 104 cm³/mol. The quantitative estimate of drug-likeness (QED) is 0.528. The molecule has 7 heteroatoms. The Morgan fingerprint density at radius 3 is 2.81 bits per heavy atom. The third kappa shape index (κ3) is 2.85. The summed E-state index contributed by atoms with van der Waals surface area (Å²) in [6.45, 7) is 6.77. The normalized spacial score (nSPS) is 12.1. The molecule has 0 radical (unpaired) electrons. The highest BCUT2D eigenvalue weighted by Gasteiger charge is 2.19. The number of anilines is 1. The van der Waals surface area contributed by atoms with Crippen LogP contribution >= 0.6 is 0 Å². The largest absolute Gasteiger partial charge is 0.361 e. The van der Waals surface area contributed by atoms with Gasteiger partial charge in [-0.3, -0.25) is 9.78 Å². The highest BCUT2D eigenvalue weighted by atomic mass is 16.1. The number of para-hydroxylation sites is 1. The van der Waals surface area contributed by atoms with Crippen LogP contribution in [-0.4, -0.2) is 31.3 Å². The molecule has 0 aliphatic carbocycles. The van der Waals surface area contributed by atoms with Gasteiger partial charge in [-0.05, 0) is 38.8 Å². The van der Waals surface area contributed by atoms with E-state index in [4.69, 9.17) is 0 Å². The van der Waals surface area contributed by atoms with E-state index in [0.29, 0.717) is 23.5 Å². The summed E-state index contributed by atoms with van der Waals surface area (Å²) in [5.74, 6) is 0.466. The molecule has 0 unspecified atom stereocenters. The van der Waals surface area contributed by atoms with E-state index in [-0.39, 0.29) is 11.1 Å². The Hall–Kier alpha value is -3.09. The maximum Gasteiger partial charge on any atom is 0.263 e. The Labute approximate surface area is 150 Å². The third-order valence-electron chi connectivity index (χ3n) is 4.44.